The Morgan fingerprint density at radius 3 is 2.30 bits per heavy atom. The zero-order valence-corrected chi connectivity index (χ0v) is 11.8. The molecular weight excluding hydrogens is 269 g/mol. The summed E-state index contributed by atoms with van der Waals surface area (Å²) in [5.41, 5.74) is -0.540. The molecule has 0 bridgehead atoms. The van der Waals surface area contributed by atoms with Gasteiger partial charge in [0, 0.05) is 11.6 Å². The summed E-state index contributed by atoms with van der Waals surface area (Å²) in [5, 5.41) is 9.91. The molecule has 0 saturated carbocycles. The van der Waals surface area contributed by atoms with Crippen molar-refractivity contribution in [2.45, 2.75) is 45.4 Å². The van der Waals surface area contributed by atoms with Gasteiger partial charge in [0.1, 0.15) is 5.65 Å². The minimum absolute atomic E-state index is 0.166. The van der Waals surface area contributed by atoms with Gasteiger partial charge in [-0.25, -0.2) is 4.98 Å². The third kappa shape index (κ3) is 2.40. The van der Waals surface area contributed by atoms with Crippen LogP contribution < -0.4 is 0 Å². The number of fused-ring (bicyclic) bond motifs is 1. The number of pyridine rings is 1. The number of aliphatic hydroxyl groups is 1. The molecule has 0 aliphatic carbocycles. The van der Waals surface area contributed by atoms with Gasteiger partial charge in [-0.15, -0.1) is 0 Å². The van der Waals surface area contributed by atoms with Crippen LogP contribution in [0.15, 0.2) is 18.3 Å². The van der Waals surface area contributed by atoms with Gasteiger partial charge in [-0.05, 0) is 19.1 Å². The lowest BCUT2D eigenvalue weighted by Crippen LogP contribution is -2.16. The topological polar surface area (TPSA) is 37.5 Å². The van der Waals surface area contributed by atoms with Crippen LogP contribution in [0.25, 0.3) is 5.65 Å². The van der Waals surface area contributed by atoms with E-state index in [1.807, 2.05) is 20.8 Å². The Hall–Kier alpha value is -1.56. The largest absolute Gasteiger partial charge is 0.419 e. The van der Waals surface area contributed by atoms with Crippen molar-refractivity contribution < 1.29 is 18.3 Å². The van der Waals surface area contributed by atoms with Crippen LogP contribution in [0.5, 0.6) is 0 Å². The van der Waals surface area contributed by atoms with Crippen LogP contribution in [0.1, 0.15) is 50.8 Å². The zero-order chi connectivity index (χ0) is 15.3. The standard InChI is InChI=1S/C14H17F3N2O/c1-8(20)10-11(13(2,3)4)18-12-9(14(15,16)17)6-5-7-19(10)12/h5-8,20H,1-4H3. The molecule has 2 heterocycles. The molecule has 0 aromatic carbocycles. The smallest absolute Gasteiger partial charge is 0.387 e. The first-order chi connectivity index (χ1) is 9.03. The van der Waals surface area contributed by atoms with E-state index in [4.69, 9.17) is 0 Å². The molecule has 0 spiro atoms. The number of aromatic nitrogens is 2. The van der Waals surface area contributed by atoms with Gasteiger partial charge in [-0.1, -0.05) is 20.8 Å². The number of halogens is 3. The van der Waals surface area contributed by atoms with Crippen molar-refractivity contribution >= 4 is 5.65 Å². The number of aliphatic hydroxyl groups excluding tert-OH is 1. The summed E-state index contributed by atoms with van der Waals surface area (Å²) in [4.78, 5) is 4.15. The second-order valence-corrected chi connectivity index (χ2v) is 5.88. The molecule has 1 N–H and O–H groups in total. The second-order valence-electron chi connectivity index (χ2n) is 5.88. The van der Waals surface area contributed by atoms with E-state index in [2.05, 4.69) is 4.98 Å². The maximum absolute atomic E-state index is 13.0. The summed E-state index contributed by atoms with van der Waals surface area (Å²) in [6.45, 7) is 7.09. The predicted molar refractivity (Wildman–Crippen MR) is 69.5 cm³/mol. The van der Waals surface area contributed by atoms with Crippen molar-refractivity contribution in [2.75, 3.05) is 0 Å². The van der Waals surface area contributed by atoms with Gasteiger partial charge < -0.3 is 9.51 Å². The van der Waals surface area contributed by atoms with E-state index in [1.54, 1.807) is 0 Å². The summed E-state index contributed by atoms with van der Waals surface area (Å²) in [6, 6.07) is 2.32. The maximum Gasteiger partial charge on any atom is 0.419 e. The highest BCUT2D eigenvalue weighted by Crippen LogP contribution is 2.36. The molecule has 0 fully saturated rings. The summed E-state index contributed by atoms with van der Waals surface area (Å²) in [5.74, 6) is 0. The van der Waals surface area contributed by atoms with Gasteiger partial charge in [-0.2, -0.15) is 13.2 Å². The summed E-state index contributed by atoms with van der Waals surface area (Å²) >= 11 is 0. The average molecular weight is 286 g/mol. The molecule has 0 aliphatic rings. The highest BCUT2D eigenvalue weighted by atomic mass is 19.4. The summed E-state index contributed by atoms with van der Waals surface area (Å²) in [6.07, 6.45) is -3.88. The predicted octanol–water partition coefficient (Wildman–Crippen LogP) is 3.70. The van der Waals surface area contributed by atoms with Gasteiger partial charge in [0.15, 0.2) is 0 Å². The van der Waals surface area contributed by atoms with Crippen molar-refractivity contribution in [3.05, 3.63) is 35.3 Å². The fourth-order valence-electron chi connectivity index (χ4n) is 2.26. The van der Waals surface area contributed by atoms with Crippen molar-refractivity contribution in [3.8, 4) is 0 Å². The lowest BCUT2D eigenvalue weighted by Gasteiger charge is -2.19. The first-order valence-electron chi connectivity index (χ1n) is 6.30. The van der Waals surface area contributed by atoms with Crippen molar-refractivity contribution in [1.82, 2.24) is 9.38 Å². The minimum atomic E-state index is -4.47. The van der Waals surface area contributed by atoms with Gasteiger partial charge >= 0.3 is 6.18 Å². The molecule has 0 amide bonds. The van der Waals surface area contributed by atoms with Crippen molar-refractivity contribution in [2.24, 2.45) is 0 Å². The molecule has 2 rings (SSSR count). The van der Waals surface area contributed by atoms with Crippen LogP contribution in [0.2, 0.25) is 0 Å². The van der Waals surface area contributed by atoms with Crippen LogP contribution >= 0.6 is 0 Å². The Morgan fingerprint density at radius 1 is 1.25 bits per heavy atom. The molecule has 110 valence electrons. The molecule has 0 aliphatic heterocycles. The van der Waals surface area contributed by atoms with Gasteiger partial charge in [0.25, 0.3) is 0 Å². The number of hydrogen-bond donors (Lipinski definition) is 1. The van der Waals surface area contributed by atoms with Crippen LogP contribution in [0.3, 0.4) is 0 Å². The Morgan fingerprint density at radius 2 is 1.85 bits per heavy atom. The van der Waals surface area contributed by atoms with E-state index < -0.39 is 23.3 Å². The van der Waals surface area contributed by atoms with Crippen molar-refractivity contribution in [1.29, 1.82) is 0 Å². The highest BCUT2D eigenvalue weighted by Gasteiger charge is 2.36. The average Bonchev–Trinajstić information content (AvgIpc) is 2.65. The van der Waals surface area contributed by atoms with E-state index in [9.17, 15) is 18.3 Å². The Bertz CT molecular complexity index is 636. The van der Waals surface area contributed by atoms with E-state index in [0.717, 1.165) is 6.07 Å². The lowest BCUT2D eigenvalue weighted by molar-refractivity contribution is -0.136. The third-order valence-corrected chi connectivity index (χ3v) is 3.10. The fraction of sp³-hybridized carbons (Fsp3) is 0.500. The number of hydrogen-bond acceptors (Lipinski definition) is 2. The van der Waals surface area contributed by atoms with Gasteiger partial charge in [0.2, 0.25) is 0 Å². The molecule has 2 aromatic rings. The molecule has 0 radical (unpaired) electrons. The second kappa shape index (κ2) is 4.48. The van der Waals surface area contributed by atoms with E-state index >= 15 is 0 Å². The Labute approximate surface area is 115 Å². The monoisotopic (exact) mass is 286 g/mol. The SMILES string of the molecule is CC(O)c1c(C(C)(C)C)nc2c(C(F)(F)F)cccn12. The molecule has 6 heteroatoms. The quantitative estimate of drug-likeness (QED) is 0.868. The van der Waals surface area contributed by atoms with Crippen LogP contribution in [-0.4, -0.2) is 14.5 Å². The highest BCUT2D eigenvalue weighted by molar-refractivity contribution is 5.53. The third-order valence-electron chi connectivity index (χ3n) is 3.10. The first-order valence-corrected chi connectivity index (χ1v) is 6.30. The summed E-state index contributed by atoms with van der Waals surface area (Å²) < 4.78 is 40.4. The lowest BCUT2D eigenvalue weighted by atomic mass is 9.89. The van der Waals surface area contributed by atoms with Gasteiger partial charge in [0.05, 0.1) is 23.1 Å². The maximum atomic E-state index is 13.0. The van der Waals surface area contributed by atoms with E-state index in [0.29, 0.717) is 11.4 Å². The summed E-state index contributed by atoms with van der Waals surface area (Å²) in [7, 11) is 0. The molecular formula is C14H17F3N2O. The number of alkyl halides is 3. The fourth-order valence-corrected chi connectivity index (χ4v) is 2.26. The van der Waals surface area contributed by atoms with Crippen LogP contribution in [0, 0.1) is 0 Å². The molecule has 20 heavy (non-hydrogen) atoms. The first kappa shape index (κ1) is 14.8. The molecule has 0 saturated heterocycles. The normalized spacial score (nSPS) is 14.8. The number of imidazole rings is 1. The minimum Gasteiger partial charge on any atom is -0.387 e. The molecule has 2 aromatic heterocycles. The van der Waals surface area contributed by atoms with E-state index in [1.165, 1.54) is 23.6 Å². The Kier molecular flexibility index (Phi) is 3.32. The van der Waals surface area contributed by atoms with Crippen LogP contribution in [0.4, 0.5) is 13.2 Å². The van der Waals surface area contributed by atoms with Gasteiger partial charge in [-0.3, -0.25) is 0 Å². The Balaban J connectivity index is 2.88. The number of nitrogens with zero attached hydrogens (tertiary/aromatic N) is 2. The molecule has 3 nitrogen and oxygen atoms in total. The molecule has 1 atom stereocenters. The van der Waals surface area contributed by atoms with Crippen LogP contribution in [-0.2, 0) is 11.6 Å². The van der Waals surface area contributed by atoms with E-state index in [-0.39, 0.29) is 5.65 Å². The zero-order valence-electron chi connectivity index (χ0n) is 11.8. The van der Waals surface area contributed by atoms with Crippen molar-refractivity contribution in [3.63, 3.8) is 0 Å². The number of rotatable bonds is 1. The molecule has 1 unspecified atom stereocenters.